The molecule has 0 fully saturated rings. The first-order valence-electron chi connectivity index (χ1n) is 5.88. The summed E-state index contributed by atoms with van der Waals surface area (Å²) in [4.78, 5) is 11.9. The highest BCUT2D eigenvalue weighted by molar-refractivity contribution is 6.28. The lowest BCUT2D eigenvalue weighted by Gasteiger charge is -2.05. The highest BCUT2D eigenvalue weighted by Gasteiger charge is 2.07. The van der Waals surface area contributed by atoms with E-state index in [2.05, 4.69) is 25.4 Å². The van der Waals surface area contributed by atoms with E-state index in [1.165, 1.54) is 0 Å². The average Bonchev–Trinajstić information content (AvgIpc) is 2.79. The molecule has 0 aromatic carbocycles. The number of nitrogens with one attached hydrogen (secondary N) is 1. The second-order valence-electron chi connectivity index (χ2n) is 3.85. The van der Waals surface area contributed by atoms with Crippen LogP contribution in [0.5, 0.6) is 6.01 Å². The van der Waals surface area contributed by atoms with E-state index < -0.39 is 0 Å². The highest BCUT2D eigenvalue weighted by Crippen LogP contribution is 2.12. The zero-order valence-corrected chi connectivity index (χ0v) is 11.4. The summed E-state index contributed by atoms with van der Waals surface area (Å²) >= 11 is 5.80. The molecule has 0 aliphatic carbocycles. The Morgan fingerprint density at radius 3 is 2.89 bits per heavy atom. The summed E-state index contributed by atoms with van der Waals surface area (Å²) in [5.74, 6) is 1.02. The maximum Gasteiger partial charge on any atom is 0.322 e. The smallest absolute Gasteiger partial charge is 0.322 e. The molecule has 19 heavy (non-hydrogen) atoms. The molecule has 0 aliphatic rings. The van der Waals surface area contributed by atoms with E-state index in [0.717, 1.165) is 12.1 Å². The van der Waals surface area contributed by atoms with Gasteiger partial charge in [-0.3, -0.25) is 0 Å². The minimum absolute atomic E-state index is 0.0809. The van der Waals surface area contributed by atoms with Crippen LogP contribution in [-0.4, -0.2) is 26.7 Å². The second-order valence-corrected chi connectivity index (χ2v) is 4.19. The number of hydrogen-bond acceptors (Lipinski definition) is 7. The molecule has 102 valence electrons. The van der Waals surface area contributed by atoms with E-state index in [0.29, 0.717) is 24.9 Å². The first-order valence-corrected chi connectivity index (χ1v) is 6.25. The van der Waals surface area contributed by atoms with Gasteiger partial charge in [-0.1, -0.05) is 12.1 Å². The molecule has 2 rings (SSSR count). The van der Waals surface area contributed by atoms with Gasteiger partial charge < -0.3 is 14.6 Å². The van der Waals surface area contributed by atoms with Crippen LogP contribution in [0.3, 0.4) is 0 Å². The monoisotopic (exact) mass is 283 g/mol. The minimum Gasteiger partial charge on any atom is -0.463 e. The number of ether oxygens (including phenoxy) is 1. The molecule has 0 atom stereocenters. The fourth-order valence-corrected chi connectivity index (χ4v) is 1.49. The van der Waals surface area contributed by atoms with Gasteiger partial charge >= 0.3 is 6.01 Å². The van der Waals surface area contributed by atoms with E-state index in [1.807, 2.05) is 19.9 Å². The third kappa shape index (κ3) is 4.06. The summed E-state index contributed by atoms with van der Waals surface area (Å²) in [6.07, 6.45) is 0.864. The summed E-state index contributed by atoms with van der Waals surface area (Å²) in [7, 11) is 0. The third-order valence-electron chi connectivity index (χ3n) is 2.12. The van der Waals surface area contributed by atoms with Gasteiger partial charge in [0.05, 0.1) is 18.8 Å². The number of rotatable bonds is 6. The number of aromatic nitrogens is 4. The molecule has 0 unspecified atom stereocenters. The second kappa shape index (κ2) is 6.33. The van der Waals surface area contributed by atoms with E-state index in [4.69, 9.17) is 20.9 Å². The first kappa shape index (κ1) is 13.5. The fraction of sp³-hybridized carbons (Fsp3) is 0.455. The van der Waals surface area contributed by atoms with Crippen LogP contribution in [0.4, 0.5) is 5.95 Å². The van der Waals surface area contributed by atoms with Crippen LogP contribution in [0.25, 0.3) is 0 Å². The highest BCUT2D eigenvalue weighted by atomic mass is 35.5. The molecular weight excluding hydrogens is 270 g/mol. The molecule has 2 heterocycles. The molecule has 0 saturated carbocycles. The molecule has 1 N–H and O–H groups in total. The Morgan fingerprint density at radius 1 is 1.37 bits per heavy atom. The lowest BCUT2D eigenvalue weighted by molar-refractivity contribution is 0.291. The lowest BCUT2D eigenvalue weighted by atomic mass is 10.4. The van der Waals surface area contributed by atoms with E-state index >= 15 is 0 Å². The van der Waals surface area contributed by atoms with Crippen molar-refractivity contribution >= 4 is 17.5 Å². The Morgan fingerprint density at radius 2 is 2.21 bits per heavy atom. The molecule has 2 aromatic heterocycles. The molecule has 8 heteroatoms. The SMILES string of the molecule is CCCOc1nc(Cl)nc(NCc2cc(C)no2)n1. The van der Waals surface area contributed by atoms with Crippen molar-refractivity contribution in [1.82, 2.24) is 20.1 Å². The van der Waals surface area contributed by atoms with Crippen LogP contribution in [0, 0.1) is 6.92 Å². The van der Waals surface area contributed by atoms with Crippen LogP contribution < -0.4 is 10.1 Å². The van der Waals surface area contributed by atoms with Crippen LogP contribution in [0.2, 0.25) is 5.28 Å². The van der Waals surface area contributed by atoms with Crippen LogP contribution in [0.15, 0.2) is 10.6 Å². The molecule has 0 saturated heterocycles. The van der Waals surface area contributed by atoms with E-state index in [1.54, 1.807) is 0 Å². The van der Waals surface area contributed by atoms with Crippen molar-refractivity contribution in [3.8, 4) is 6.01 Å². The zero-order valence-electron chi connectivity index (χ0n) is 10.7. The number of aryl methyl sites for hydroxylation is 1. The third-order valence-corrected chi connectivity index (χ3v) is 2.29. The Kier molecular flexibility index (Phi) is 4.51. The average molecular weight is 284 g/mol. The lowest BCUT2D eigenvalue weighted by Crippen LogP contribution is -2.07. The molecule has 0 radical (unpaired) electrons. The molecular formula is C11H14ClN5O2. The van der Waals surface area contributed by atoms with Crippen molar-refractivity contribution in [3.05, 3.63) is 22.8 Å². The molecule has 0 bridgehead atoms. The quantitative estimate of drug-likeness (QED) is 0.870. The van der Waals surface area contributed by atoms with Crippen LogP contribution in [-0.2, 0) is 6.54 Å². The van der Waals surface area contributed by atoms with Crippen molar-refractivity contribution in [1.29, 1.82) is 0 Å². The minimum atomic E-state index is 0.0809. The summed E-state index contributed by atoms with van der Waals surface area (Å²) in [5.41, 5.74) is 0.817. The summed E-state index contributed by atoms with van der Waals surface area (Å²) in [6.45, 7) is 4.78. The topological polar surface area (TPSA) is 86.0 Å². The van der Waals surface area contributed by atoms with Crippen LogP contribution in [0.1, 0.15) is 24.8 Å². The molecule has 7 nitrogen and oxygen atoms in total. The van der Waals surface area contributed by atoms with Gasteiger partial charge in [0.2, 0.25) is 11.2 Å². The van der Waals surface area contributed by atoms with Gasteiger partial charge in [-0.25, -0.2) is 0 Å². The van der Waals surface area contributed by atoms with Crippen molar-refractivity contribution < 1.29 is 9.26 Å². The van der Waals surface area contributed by atoms with Gasteiger partial charge in [-0.15, -0.1) is 0 Å². The fourth-order valence-electron chi connectivity index (χ4n) is 1.33. The standard InChI is InChI=1S/C11H14ClN5O2/c1-3-4-18-11-15-9(12)14-10(16-11)13-6-8-5-7(2)17-19-8/h5H,3-4,6H2,1-2H3,(H,13,14,15,16). The van der Waals surface area contributed by atoms with Crippen molar-refractivity contribution in [2.24, 2.45) is 0 Å². The zero-order chi connectivity index (χ0) is 13.7. The maximum atomic E-state index is 5.80. The Bertz CT molecular complexity index is 546. The summed E-state index contributed by atoms with van der Waals surface area (Å²) in [6, 6.07) is 2.03. The van der Waals surface area contributed by atoms with Gasteiger partial charge in [-0.05, 0) is 24.9 Å². The Labute approximate surface area is 115 Å². The maximum absolute atomic E-state index is 5.80. The Hall–Kier alpha value is -1.89. The number of halogens is 1. The number of hydrogen-bond donors (Lipinski definition) is 1. The first-order chi connectivity index (χ1) is 9.17. The van der Waals surface area contributed by atoms with Gasteiger partial charge in [0.25, 0.3) is 0 Å². The van der Waals surface area contributed by atoms with Crippen molar-refractivity contribution in [2.45, 2.75) is 26.8 Å². The van der Waals surface area contributed by atoms with Crippen molar-refractivity contribution in [2.75, 3.05) is 11.9 Å². The van der Waals surface area contributed by atoms with Crippen LogP contribution >= 0.6 is 11.6 Å². The largest absolute Gasteiger partial charge is 0.463 e. The molecule has 0 amide bonds. The predicted molar refractivity (Wildman–Crippen MR) is 69.2 cm³/mol. The summed E-state index contributed by atoms with van der Waals surface area (Å²) in [5, 5.41) is 6.84. The number of nitrogens with zero attached hydrogens (tertiary/aromatic N) is 4. The van der Waals surface area contributed by atoms with E-state index in [-0.39, 0.29) is 11.3 Å². The predicted octanol–water partition coefficient (Wildman–Crippen LogP) is 2.22. The van der Waals surface area contributed by atoms with Gasteiger partial charge in [-0.2, -0.15) is 15.0 Å². The van der Waals surface area contributed by atoms with E-state index in [9.17, 15) is 0 Å². The Balaban J connectivity index is 2.01. The van der Waals surface area contributed by atoms with Crippen molar-refractivity contribution in [3.63, 3.8) is 0 Å². The van der Waals surface area contributed by atoms with Gasteiger partial charge in [0.1, 0.15) is 0 Å². The van der Waals surface area contributed by atoms with Gasteiger partial charge in [0.15, 0.2) is 5.76 Å². The molecule has 2 aromatic rings. The van der Waals surface area contributed by atoms with Gasteiger partial charge in [0, 0.05) is 6.07 Å². The normalized spacial score (nSPS) is 10.5. The molecule has 0 spiro atoms. The number of anilines is 1. The summed E-state index contributed by atoms with van der Waals surface area (Å²) < 4.78 is 10.4. The molecule has 0 aliphatic heterocycles.